The highest BCUT2D eigenvalue weighted by atomic mass is 19.4. The maximum absolute atomic E-state index is 13.1. The van der Waals surface area contributed by atoms with Gasteiger partial charge in [-0.05, 0) is 18.2 Å². The standard InChI is InChI=1S/C12H8F5N3O2/c13-11(14)4-20(5-11)8-2-1-6(3-7(8)12(15,16)17)9-18-19-10(21)22-9/h1-3H,4-5H2,(H,19,21). The molecule has 0 amide bonds. The van der Waals surface area contributed by atoms with Gasteiger partial charge < -0.3 is 9.32 Å². The zero-order valence-electron chi connectivity index (χ0n) is 10.7. The highest BCUT2D eigenvalue weighted by Crippen LogP contribution is 2.42. The molecule has 1 fully saturated rings. The van der Waals surface area contributed by atoms with E-state index in [4.69, 9.17) is 0 Å². The molecule has 10 heteroatoms. The van der Waals surface area contributed by atoms with Crippen LogP contribution in [0, 0.1) is 0 Å². The van der Waals surface area contributed by atoms with Crippen LogP contribution in [0.2, 0.25) is 0 Å². The number of halogens is 5. The molecule has 1 aliphatic rings. The topological polar surface area (TPSA) is 62.1 Å². The molecule has 0 radical (unpaired) electrons. The molecule has 0 aliphatic carbocycles. The number of aromatic amines is 1. The van der Waals surface area contributed by atoms with E-state index in [0.717, 1.165) is 11.0 Å². The van der Waals surface area contributed by atoms with Crippen LogP contribution in [0.5, 0.6) is 0 Å². The van der Waals surface area contributed by atoms with Crippen molar-refractivity contribution in [2.24, 2.45) is 0 Å². The number of rotatable bonds is 2. The highest BCUT2D eigenvalue weighted by Gasteiger charge is 2.46. The number of H-pyrrole nitrogens is 1. The number of hydrogen-bond donors (Lipinski definition) is 1. The monoisotopic (exact) mass is 321 g/mol. The van der Waals surface area contributed by atoms with E-state index in [2.05, 4.69) is 9.52 Å². The van der Waals surface area contributed by atoms with Crippen molar-refractivity contribution in [1.29, 1.82) is 0 Å². The van der Waals surface area contributed by atoms with E-state index in [1.807, 2.05) is 5.10 Å². The van der Waals surface area contributed by atoms with Crippen molar-refractivity contribution in [2.75, 3.05) is 18.0 Å². The first-order chi connectivity index (χ1) is 10.2. The molecular weight excluding hydrogens is 313 g/mol. The van der Waals surface area contributed by atoms with E-state index >= 15 is 0 Å². The Balaban J connectivity index is 2.03. The summed E-state index contributed by atoms with van der Waals surface area (Å²) in [4.78, 5) is 11.8. The second kappa shape index (κ2) is 4.55. The summed E-state index contributed by atoms with van der Waals surface area (Å²) in [6.07, 6.45) is -4.74. The Kier molecular flexibility index (Phi) is 3.01. The van der Waals surface area contributed by atoms with Crippen LogP contribution in [0.1, 0.15) is 5.56 Å². The molecule has 1 aromatic carbocycles. The van der Waals surface area contributed by atoms with Crippen LogP contribution in [0.15, 0.2) is 27.4 Å². The summed E-state index contributed by atoms with van der Waals surface area (Å²) in [6, 6.07) is 2.99. The predicted molar refractivity (Wildman–Crippen MR) is 64.7 cm³/mol. The third-order valence-corrected chi connectivity index (χ3v) is 3.17. The summed E-state index contributed by atoms with van der Waals surface area (Å²) in [6.45, 7) is -1.54. The van der Waals surface area contributed by atoms with Crippen LogP contribution >= 0.6 is 0 Å². The maximum atomic E-state index is 13.1. The van der Waals surface area contributed by atoms with Crippen molar-refractivity contribution in [1.82, 2.24) is 10.2 Å². The maximum Gasteiger partial charge on any atom is 0.434 e. The molecule has 1 saturated heterocycles. The molecule has 1 aliphatic heterocycles. The largest absolute Gasteiger partial charge is 0.434 e. The smallest absolute Gasteiger partial charge is 0.388 e. The van der Waals surface area contributed by atoms with Crippen molar-refractivity contribution in [3.8, 4) is 11.5 Å². The summed E-state index contributed by atoms with van der Waals surface area (Å²) in [5.74, 6) is -4.21. The van der Waals surface area contributed by atoms with Gasteiger partial charge in [0.15, 0.2) is 0 Å². The van der Waals surface area contributed by atoms with Crippen molar-refractivity contribution in [3.63, 3.8) is 0 Å². The van der Waals surface area contributed by atoms with E-state index in [1.165, 1.54) is 6.07 Å². The molecule has 2 aromatic rings. The van der Waals surface area contributed by atoms with Crippen LogP contribution in [0.25, 0.3) is 11.5 Å². The molecule has 1 N–H and O–H groups in total. The summed E-state index contributed by atoms with van der Waals surface area (Å²) in [5.41, 5.74) is -1.52. The van der Waals surface area contributed by atoms with Gasteiger partial charge in [-0.25, -0.2) is 18.7 Å². The molecule has 0 atom stereocenters. The van der Waals surface area contributed by atoms with Gasteiger partial charge in [0.25, 0.3) is 5.92 Å². The quantitative estimate of drug-likeness (QED) is 0.864. The van der Waals surface area contributed by atoms with Gasteiger partial charge in [0, 0.05) is 11.3 Å². The minimum atomic E-state index is -4.74. The van der Waals surface area contributed by atoms with Gasteiger partial charge in [0.05, 0.1) is 18.7 Å². The minimum absolute atomic E-state index is 0.0818. The summed E-state index contributed by atoms with van der Waals surface area (Å²) in [7, 11) is 0. The van der Waals surface area contributed by atoms with Crippen LogP contribution in [-0.4, -0.2) is 29.2 Å². The van der Waals surface area contributed by atoms with Crippen LogP contribution in [0.4, 0.5) is 27.6 Å². The van der Waals surface area contributed by atoms with Crippen molar-refractivity contribution in [3.05, 3.63) is 34.3 Å². The minimum Gasteiger partial charge on any atom is -0.388 e. The van der Waals surface area contributed by atoms with Crippen LogP contribution in [0.3, 0.4) is 0 Å². The van der Waals surface area contributed by atoms with Crippen molar-refractivity contribution >= 4 is 5.69 Å². The van der Waals surface area contributed by atoms with Gasteiger partial charge in [-0.1, -0.05) is 0 Å². The number of nitrogens with one attached hydrogen (secondary N) is 1. The number of anilines is 1. The van der Waals surface area contributed by atoms with E-state index in [0.29, 0.717) is 6.07 Å². The van der Waals surface area contributed by atoms with Gasteiger partial charge in [-0.3, -0.25) is 0 Å². The SMILES string of the molecule is O=c1[nH]nc(-c2ccc(N3CC(F)(F)C3)c(C(F)(F)F)c2)o1. The fraction of sp³-hybridized carbons (Fsp3) is 0.333. The summed E-state index contributed by atoms with van der Waals surface area (Å²) >= 11 is 0. The Morgan fingerprint density at radius 3 is 2.45 bits per heavy atom. The van der Waals surface area contributed by atoms with Gasteiger partial charge in [0.2, 0.25) is 5.89 Å². The van der Waals surface area contributed by atoms with Crippen LogP contribution in [-0.2, 0) is 6.18 Å². The molecule has 0 unspecified atom stereocenters. The molecule has 0 spiro atoms. The second-order valence-electron chi connectivity index (χ2n) is 4.86. The zero-order valence-corrected chi connectivity index (χ0v) is 10.7. The number of nitrogens with zero attached hydrogens (tertiary/aromatic N) is 2. The lowest BCUT2D eigenvalue weighted by Gasteiger charge is -2.41. The van der Waals surface area contributed by atoms with E-state index in [9.17, 15) is 26.7 Å². The van der Waals surface area contributed by atoms with Gasteiger partial charge >= 0.3 is 11.9 Å². The molecule has 118 valence electrons. The third-order valence-electron chi connectivity index (χ3n) is 3.17. The average Bonchev–Trinajstić information content (AvgIpc) is 2.81. The zero-order chi connectivity index (χ0) is 16.1. The van der Waals surface area contributed by atoms with Gasteiger partial charge in [-0.15, -0.1) is 5.10 Å². The van der Waals surface area contributed by atoms with Crippen LogP contribution < -0.4 is 10.7 Å². The third kappa shape index (κ3) is 2.55. The molecule has 22 heavy (non-hydrogen) atoms. The number of alkyl halides is 5. The Hall–Kier alpha value is -2.39. The fourth-order valence-electron chi connectivity index (χ4n) is 2.21. The highest BCUT2D eigenvalue weighted by molar-refractivity contribution is 5.65. The molecule has 0 saturated carbocycles. The Bertz CT molecular complexity index is 757. The lowest BCUT2D eigenvalue weighted by atomic mass is 10.0. The predicted octanol–water partition coefficient (Wildman–Crippen LogP) is 2.50. The molecule has 3 rings (SSSR count). The van der Waals surface area contributed by atoms with E-state index in [-0.39, 0.29) is 17.1 Å². The van der Waals surface area contributed by atoms with Crippen molar-refractivity contribution < 1.29 is 26.4 Å². The summed E-state index contributed by atoms with van der Waals surface area (Å²) < 4.78 is 69.7. The lowest BCUT2D eigenvalue weighted by molar-refractivity contribution is -0.137. The van der Waals surface area contributed by atoms with Gasteiger partial charge in [0.1, 0.15) is 0 Å². The Morgan fingerprint density at radius 1 is 1.27 bits per heavy atom. The first kappa shape index (κ1) is 14.5. The Morgan fingerprint density at radius 2 is 1.95 bits per heavy atom. The summed E-state index contributed by atoms with van der Waals surface area (Å²) in [5, 5.41) is 5.37. The van der Waals surface area contributed by atoms with E-state index in [1.54, 1.807) is 0 Å². The van der Waals surface area contributed by atoms with E-state index < -0.39 is 36.5 Å². The number of benzene rings is 1. The lowest BCUT2D eigenvalue weighted by Crippen LogP contribution is -2.56. The molecule has 2 heterocycles. The average molecular weight is 321 g/mol. The molecule has 1 aromatic heterocycles. The van der Waals surface area contributed by atoms with Gasteiger partial charge in [-0.2, -0.15) is 13.2 Å². The normalized spacial score (nSPS) is 17.4. The molecular formula is C12H8F5N3O2. The first-order valence-corrected chi connectivity index (χ1v) is 6.06. The fourth-order valence-corrected chi connectivity index (χ4v) is 2.21. The first-order valence-electron chi connectivity index (χ1n) is 6.06. The number of hydrogen-bond acceptors (Lipinski definition) is 4. The Labute approximate surface area is 119 Å². The molecule has 5 nitrogen and oxygen atoms in total. The van der Waals surface area contributed by atoms with Crippen molar-refractivity contribution in [2.45, 2.75) is 12.1 Å². The molecule has 0 bridgehead atoms. The number of aromatic nitrogens is 2. The second-order valence-corrected chi connectivity index (χ2v) is 4.86.